The van der Waals surface area contributed by atoms with Crippen LogP contribution in [0.5, 0.6) is 5.75 Å². The van der Waals surface area contributed by atoms with Crippen LogP contribution in [0.25, 0.3) is 0 Å². The molecule has 0 saturated heterocycles. The molecule has 1 fully saturated rings. The van der Waals surface area contributed by atoms with Crippen LogP contribution >= 0.6 is 0 Å². The van der Waals surface area contributed by atoms with Crippen molar-refractivity contribution in [3.63, 3.8) is 0 Å². The molecule has 0 aliphatic heterocycles. The Labute approximate surface area is 110 Å². The molecule has 1 aromatic carbocycles. The summed E-state index contributed by atoms with van der Waals surface area (Å²) in [6, 6.07) is 7.86. The quantitative estimate of drug-likeness (QED) is 0.842. The topological polar surface area (TPSA) is 32.3 Å². The lowest BCUT2D eigenvalue weighted by molar-refractivity contribution is 0.202. The summed E-state index contributed by atoms with van der Waals surface area (Å²) >= 11 is 0. The Morgan fingerprint density at radius 3 is 2.39 bits per heavy atom. The van der Waals surface area contributed by atoms with Gasteiger partial charge in [0, 0.05) is 12.6 Å². The summed E-state index contributed by atoms with van der Waals surface area (Å²) < 4.78 is 0. The summed E-state index contributed by atoms with van der Waals surface area (Å²) in [6.45, 7) is 5.69. The second-order valence-electron chi connectivity index (χ2n) is 6.07. The molecular weight excluding hydrogens is 222 g/mol. The number of nitrogens with one attached hydrogen (secondary N) is 1. The minimum atomic E-state index is 0.338. The van der Waals surface area contributed by atoms with Gasteiger partial charge in [-0.15, -0.1) is 0 Å². The smallest absolute Gasteiger partial charge is 0.115 e. The SMILES string of the molecule is CC(NCC1(C)CCCCC1)c1ccc(O)cc1. The van der Waals surface area contributed by atoms with Crippen LogP contribution in [0, 0.1) is 5.41 Å². The number of benzene rings is 1. The molecule has 2 heteroatoms. The Bertz CT molecular complexity index is 365. The highest BCUT2D eigenvalue weighted by molar-refractivity contribution is 5.27. The van der Waals surface area contributed by atoms with Crippen LogP contribution in [0.15, 0.2) is 24.3 Å². The molecule has 0 spiro atoms. The summed E-state index contributed by atoms with van der Waals surface area (Å²) in [5.41, 5.74) is 1.72. The van der Waals surface area contributed by atoms with Crippen LogP contribution in [-0.4, -0.2) is 11.7 Å². The number of phenolic OH excluding ortho intramolecular Hbond substituents is 1. The van der Waals surface area contributed by atoms with E-state index < -0.39 is 0 Å². The van der Waals surface area contributed by atoms with E-state index in [4.69, 9.17) is 0 Å². The molecule has 1 atom stereocenters. The molecule has 1 unspecified atom stereocenters. The third-order valence-corrected chi connectivity index (χ3v) is 4.29. The fourth-order valence-electron chi connectivity index (χ4n) is 2.86. The normalized spacial score (nSPS) is 20.6. The van der Waals surface area contributed by atoms with Crippen molar-refractivity contribution in [2.45, 2.75) is 52.0 Å². The second-order valence-corrected chi connectivity index (χ2v) is 6.07. The number of phenols is 1. The van der Waals surface area contributed by atoms with Gasteiger partial charge in [0.1, 0.15) is 5.75 Å². The van der Waals surface area contributed by atoms with Crippen molar-refractivity contribution >= 4 is 0 Å². The lowest BCUT2D eigenvalue weighted by Crippen LogP contribution is -2.34. The summed E-state index contributed by atoms with van der Waals surface area (Å²) in [5.74, 6) is 0.338. The van der Waals surface area contributed by atoms with Crippen LogP contribution in [0.3, 0.4) is 0 Å². The van der Waals surface area contributed by atoms with Gasteiger partial charge in [-0.05, 0) is 42.9 Å². The van der Waals surface area contributed by atoms with Crippen molar-refractivity contribution in [2.75, 3.05) is 6.54 Å². The summed E-state index contributed by atoms with van der Waals surface area (Å²) in [6.07, 6.45) is 6.87. The lowest BCUT2D eigenvalue weighted by atomic mass is 9.75. The van der Waals surface area contributed by atoms with Gasteiger partial charge in [-0.3, -0.25) is 0 Å². The first kappa shape index (κ1) is 13.4. The maximum Gasteiger partial charge on any atom is 0.115 e. The maximum atomic E-state index is 9.29. The van der Waals surface area contributed by atoms with Crippen molar-refractivity contribution in [3.05, 3.63) is 29.8 Å². The van der Waals surface area contributed by atoms with E-state index in [0.717, 1.165) is 6.54 Å². The Morgan fingerprint density at radius 2 is 1.78 bits per heavy atom. The summed E-state index contributed by atoms with van der Waals surface area (Å²) in [7, 11) is 0. The van der Waals surface area contributed by atoms with Crippen LogP contribution < -0.4 is 5.32 Å². The van der Waals surface area contributed by atoms with E-state index in [1.54, 1.807) is 12.1 Å². The molecule has 2 N–H and O–H groups in total. The zero-order valence-corrected chi connectivity index (χ0v) is 11.6. The molecule has 18 heavy (non-hydrogen) atoms. The number of hydrogen-bond acceptors (Lipinski definition) is 2. The number of aromatic hydroxyl groups is 1. The number of hydrogen-bond donors (Lipinski definition) is 2. The van der Waals surface area contributed by atoms with Gasteiger partial charge in [-0.1, -0.05) is 38.3 Å². The molecule has 1 aliphatic rings. The molecule has 0 amide bonds. The minimum absolute atomic E-state index is 0.338. The molecule has 0 heterocycles. The Kier molecular flexibility index (Phi) is 4.28. The first-order chi connectivity index (χ1) is 8.59. The Hall–Kier alpha value is -1.02. The third kappa shape index (κ3) is 3.49. The van der Waals surface area contributed by atoms with Crippen molar-refractivity contribution < 1.29 is 5.11 Å². The van der Waals surface area contributed by atoms with Gasteiger partial charge >= 0.3 is 0 Å². The first-order valence-electron chi connectivity index (χ1n) is 7.11. The molecule has 1 aliphatic carbocycles. The van der Waals surface area contributed by atoms with Gasteiger partial charge in [0.25, 0.3) is 0 Å². The van der Waals surface area contributed by atoms with E-state index in [2.05, 4.69) is 19.2 Å². The average molecular weight is 247 g/mol. The van der Waals surface area contributed by atoms with E-state index >= 15 is 0 Å². The van der Waals surface area contributed by atoms with Crippen molar-refractivity contribution in [2.24, 2.45) is 5.41 Å². The minimum Gasteiger partial charge on any atom is -0.508 e. The van der Waals surface area contributed by atoms with E-state index in [1.165, 1.54) is 37.7 Å². The molecule has 1 saturated carbocycles. The van der Waals surface area contributed by atoms with Crippen LogP contribution in [0.2, 0.25) is 0 Å². The average Bonchev–Trinajstić information content (AvgIpc) is 2.38. The largest absolute Gasteiger partial charge is 0.508 e. The van der Waals surface area contributed by atoms with Gasteiger partial charge in [-0.25, -0.2) is 0 Å². The highest BCUT2D eigenvalue weighted by atomic mass is 16.3. The monoisotopic (exact) mass is 247 g/mol. The van der Waals surface area contributed by atoms with Gasteiger partial charge in [-0.2, -0.15) is 0 Å². The zero-order chi connectivity index (χ0) is 13.0. The predicted molar refractivity (Wildman–Crippen MR) is 75.7 cm³/mol. The van der Waals surface area contributed by atoms with Gasteiger partial charge in [0.15, 0.2) is 0 Å². The fraction of sp³-hybridized carbons (Fsp3) is 0.625. The fourth-order valence-corrected chi connectivity index (χ4v) is 2.86. The van der Waals surface area contributed by atoms with Crippen molar-refractivity contribution in [3.8, 4) is 5.75 Å². The second kappa shape index (κ2) is 5.75. The number of rotatable bonds is 4. The zero-order valence-electron chi connectivity index (χ0n) is 11.6. The highest BCUT2D eigenvalue weighted by Gasteiger charge is 2.26. The Morgan fingerprint density at radius 1 is 1.17 bits per heavy atom. The van der Waals surface area contributed by atoms with Crippen LogP contribution in [0.1, 0.15) is 57.6 Å². The molecule has 2 rings (SSSR count). The van der Waals surface area contributed by atoms with E-state index in [9.17, 15) is 5.11 Å². The summed E-state index contributed by atoms with van der Waals surface area (Å²) in [5, 5.41) is 12.9. The molecule has 100 valence electrons. The molecule has 2 nitrogen and oxygen atoms in total. The van der Waals surface area contributed by atoms with E-state index in [1.807, 2.05) is 12.1 Å². The molecule has 0 bridgehead atoms. The molecular formula is C16H25NO. The molecule has 0 radical (unpaired) electrons. The van der Waals surface area contributed by atoms with Gasteiger partial charge in [0.2, 0.25) is 0 Å². The standard InChI is InChI=1S/C16H25NO/c1-13(14-6-8-15(18)9-7-14)17-12-16(2)10-4-3-5-11-16/h6-9,13,17-18H,3-5,10-12H2,1-2H3. The molecule has 1 aromatic rings. The maximum absolute atomic E-state index is 9.29. The van der Waals surface area contributed by atoms with E-state index in [-0.39, 0.29) is 0 Å². The predicted octanol–water partition coefficient (Wildman–Crippen LogP) is 4.01. The van der Waals surface area contributed by atoms with Gasteiger partial charge in [0.05, 0.1) is 0 Å². The van der Waals surface area contributed by atoms with Crippen LogP contribution in [-0.2, 0) is 0 Å². The summed E-state index contributed by atoms with van der Waals surface area (Å²) in [4.78, 5) is 0. The third-order valence-electron chi connectivity index (χ3n) is 4.29. The van der Waals surface area contributed by atoms with Crippen molar-refractivity contribution in [1.82, 2.24) is 5.32 Å². The van der Waals surface area contributed by atoms with E-state index in [0.29, 0.717) is 17.2 Å². The molecule has 0 aromatic heterocycles. The Balaban J connectivity index is 1.87. The van der Waals surface area contributed by atoms with Crippen LogP contribution in [0.4, 0.5) is 0 Å². The first-order valence-corrected chi connectivity index (χ1v) is 7.11. The van der Waals surface area contributed by atoms with Crippen molar-refractivity contribution in [1.29, 1.82) is 0 Å². The lowest BCUT2D eigenvalue weighted by Gasteiger charge is -2.35. The van der Waals surface area contributed by atoms with Gasteiger partial charge < -0.3 is 10.4 Å². The highest BCUT2D eigenvalue weighted by Crippen LogP contribution is 2.35.